The Kier molecular flexibility index (Phi) is 4.42. The van der Waals surface area contributed by atoms with Crippen LogP contribution < -0.4 is 0 Å². The zero-order valence-electron chi connectivity index (χ0n) is 11.7. The van der Waals surface area contributed by atoms with E-state index >= 15 is 0 Å². The van der Waals surface area contributed by atoms with Crippen LogP contribution in [0.1, 0.15) is 21.1 Å². The van der Waals surface area contributed by atoms with Crippen molar-refractivity contribution in [3.8, 4) is 0 Å². The van der Waals surface area contributed by atoms with Crippen molar-refractivity contribution >= 4 is 33.2 Å². The minimum absolute atomic E-state index is 0.0276. The van der Waals surface area contributed by atoms with Gasteiger partial charge in [0.05, 0.1) is 22.5 Å². The number of aryl methyl sites for hydroxylation is 1. The fourth-order valence-electron chi connectivity index (χ4n) is 2.44. The van der Waals surface area contributed by atoms with Crippen molar-refractivity contribution in [2.75, 3.05) is 26.2 Å². The van der Waals surface area contributed by atoms with E-state index in [-0.39, 0.29) is 5.91 Å². The van der Waals surface area contributed by atoms with Crippen LogP contribution in [0.25, 0.3) is 0 Å². The Balaban J connectivity index is 1.55. The lowest BCUT2D eigenvalue weighted by Crippen LogP contribution is -2.48. The minimum Gasteiger partial charge on any atom is -0.457 e. The Hall–Kier alpha value is -1.18. The number of piperazine rings is 1. The molecule has 3 rings (SSSR count). The molecule has 0 bridgehead atoms. The van der Waals surface area contributed by atoms with Gasteiger partial charge in [-0.15, -0.1) is 11.3 Å². The summed E-state index contributed by atoms with van der Waals surface area (Å²) >= 11 is 4.94. The van der Waals surface area contributed by atoms with Crippen molar-refractivity contribution in [2.45, 2.75) is 13.5 Å². The molecule has 0 aliphatic carbocycles. The second kappa shape index (κ2) is 6.29. The minimum atomic E-state index is 0.0276. The predicted molar refractivity (Wildman–Crippen MR) is 84.4 cm³/mol. The van der Waals surface area contributed by atoms with Gasteiger partial charge in [0.1, 0.15) is 0 Å². The van der Waals surface area contributed by atoms with Crippen molar-refractivity contribution in [1.29, 1.82) is 0 Å². The third kappa shape index (κ3) is 3.36. The summed E-state index contributed by atoms with van der Waals surface area (Å²) in [5.41, 5.74) is 1.72. The molecule has 0 unspecified atom stereocenters. The number of hydrogen-bond acceptors (Lipinski definition) is 5. The molecule has 1 amide bonds. The highest BCUT2D eigenvalue weighted by Crippen LogP contribution is 2.20. The van der Waals surface area contributed by atoms with E-state index < -0.39 is 0 Å². The molecule has 0 spiro atoms. The standard InChI is InChI=1S/C14H16BrN3O2S/c1-10-16-11(9-21-10)8-17-3-5-18(6-4-17)14(19)12-2-7-20-13(12)15/h2,7,9H,3-6,8H2,1H3. The van der Waals surface area contributed by atoms with E-state index in [0.29, 0.717) is 10.2 Å². The zero-order chi connectivity index (χ0) is 14.8. The highest BCUT2D eigenvalue weighted by molar-refractivity contribution is 9.10. The van der Waals surface area contributed by atoms with Crippen LogP contribution in [0.15, 0.2) is 26.8 Å². The number of carbonyl (C=O) groups excluding carboxylic acids is 1. The Morgan fingerprint density at radius 3 is 2.76 bits per heavy atom. The van der Waals surface area contributed by atoms with Gasteiger partial charge in [0, 0.05) is 38.1 Å². The van der Waals surface area contributed by atoms with Crippen LogP contribution in [0.5, 0.6) is 0 Å². The number of thiazole rings is 1. The van der Waals surface area contributed by atoms with Gasteiger partial charge in [-0.2, -0.15) is 0 Å². The molecule has 0 aromatic carbocycles. The number of furan rings is 1. The van der Waals surface area contributed by atoms with Gasteiger partial charge in [-0.25, -0.2) is 4.98 Å². The number of nitrogens with zero attached hydrogens (tertiary/aromatic N) is 3. The van der Waals surface area contributed by atoms with Gasteiger partial charge in [0.15, 0.2) is 4.67 Å². The van der Waals surface area contributed by atoms with Crippen LogP contribution in [0.2, 0.25) is 0 Å². The summed E-state index contributed by atoms with van der Waals surface area (Å²) in [6.07, 6.45) is 1.53. The summed E-state index contributed by atoms with van der Waals surface area (Å²) < 4.78 is 5.64. The summed E-state index contributed by atoms with van der Waals surface area (Å²) in [5, 5.41) is 3.21. The third-order valence-electron chi connectivity index (χ3n) is 3.56. The summed E-state index contributed by atoms with van der Waals surface area (Å²) in [5.74, 6) is 0.0276. The average molecular weight is 370 g/mol. The van der Waals surface area contributed by atoms with E-state index in [4.69, 9.17) is 4.42 Å². The number of amides is 1. The van der Waals surface area contributed by atoms with Crippen LogP contribution in [0.4, 0.5) is 0 Å². The first-order chi connectivity index (χ1) is 10.1. The molecule has 7 heteroatoms. The summed E-state index contributed by atoms with van der Waals surface area (Å²) in [6, 6.07) is 1.71. The highest BCUT2D eigenvalue weighted by atomic mass is 79.9. The summed E-state index contributed by atoms with van der Waals surface area (Å²) in [6.45, 7) is 6.10. The van der Waals surface area contributed by atoms with Crippen molar-refractivity contribution in [3.05, 3.63) is 38.6 Å². The van der Waals surface area contributed by atoms with Gasteiger partial charge in [-0.3, -0.25) is 9.69 Å². The Bertz CT molecular complexity index is 632. The van der Waals surface area contributed by atoms with Gasteiger partial charge >= 0.3 is 0 Å². The fraction of sp³-hybridized carbons (Fsp3) is 0.429. The lowest BCUT2D eigenvalue weighted by atomic mass is 10.2. The molecular formula is C14H16BrN3O2S. The average Bonchev–Trinajstić information content (AvgIpc) is 3.08. The van der Waals surface area contributed by atoms with Crippen LogP contribution in [0.3, 0.4) is 0 Å². The molecule has 1 aliphatic heterocycles. The molecule has 1 saturated heterocycles. The molecule has 0 N–H and O–H groups in total. The molecule has 2 aromatic rings. The van der Waals surface area contributed by atoms with Crippen molar-refractivity contribution < 1.29 is 9.21 Å². The fourth-order valence-corrected chi connectivity index (χ4v) is 3.45. The number of rotatable bonds is 3. The molecule has 0 radical (unpaired) electrons. The number of hydrogen-bond donors (Lipinski definition) is 0. The molecular weight excluding hydrogens is 354 g/mol. The van der Waals surface area contributed by atoms with E-state index in [0.717, 1.165) is 43.4 Å². The molecule has 3 heterocycles. The van der Waals surface area contributed by atoms with Crippen molar-refractivity contribution in [1.82, 2.24) is 14.8 Å². The number of carbonyl (C=O) groups is 1. The SMILES string of the molecule is Cc1nc(CN2CCN(C(=O)c3ccoc3Br)CC2)cs1. The third-order valence-corrected chi connectivity index (χ3v) is 5.00. The highest BCUT2D eigenvalue weighted by Gasteiger charge is 2.24. The smallest absolute Gasteiger partial charge is 0.258 e. The number of halogens is 1. The van der Waals surface area contributed by atoms with Gasteiger partial charge in [0.2, 0.25) is 0 Å². The van der Waals surface area contributed by atoms with Crippen molar-refractivity contribution in [3.63, 3.8) is 0 Å². The molecule has 2 aromatic heterocycles. The molecule has 112 valence electrons. The van der Waals surface area contributed by atoms with Gasteiger partial charge in [-0.1, -0.05) is 0 Å². The normalized spacial score (nSPS) is 16.4. The number of aromatic nitrogens is 1. The summed E-state index contributed by atoms with van der Waals surface area (Å²) in [4.78, 5) is 21.1. The molecule has 0 saturated carbocycles. The van der Waals surface area contributed by atoms with E-state index in [1.54, 1.807) is 17.4 Å². The quantitative estimate of drug-likeness (QED) is 0.834. The van der Waals surface area contributed by atoms with Gasteiger partial charge in [0.25, 0.3) is 5.91 Å². The zero-order valence-corrected chi connectivity index (χ0v) is 14.1. The van der Waals surface area contributed by atoms with Gasteiger partial charge in [-0.05, 0) is 28.9 Å². The first-order valence-electron chi connectivity index (χ1n) is 6.79. The predicted octanol–water partition coefficient (Wildman–Crippen LogP) is 2.77. The van der Waals surface area contributed by atoms with E-state index in [1.165, 1.54) is 6.26 Å². The van der Waals surface area contributed by atoms with E-state index in [2.05, 4.69) is 31.2 Å². The molecule has 21 heavy (non-hydrogen) atoms. The lowest BCUT2D eigenvalue weighted by Gasteiger charge is -2.34. The maximum absolute atomic E-state index is 12.4. The maximum atomic E-state index is 12.4. The van der Waals surface area contributed by atoms with Crippen LogP contribution in [-0.2, 0) is 6.54 Å². The van der Waals surface area contributed by atoms with Crippen LogP contribution in [0, 0.1) is 6.92 Å². The largest absolute Gasteiger partial charge is 0.457 e. The maximum Gasteiger partial charge on any atom is 0.258 e. The lowest BCUT2D eigenvalue weighted by molar-refractivity contribution is 0.0625. The Morgan fingerprint density at radius 2 is 2.19 bits per heavy atom. The van der Waals surface area contributed by atoms with Gasteiger partial charge < -0.3 is 9.32 Å². The molecule has 1 aliphatic rings. The van der Waals surface area contributed by atoms with E-state index in [9.17, 15) is 4.79 Å². The first-order valence-corrected chi connectivity index (χ1v) is 8.46. The molecule has 1 fully saturated rings. The second-order valence-electron chi connectivity index (χ2n) is 5.03. The summed E-state index contributed by atoms with van der Waals surface area (Å²) in [7, 11) is 0. The topological polar surface area (TPSA) is 49.6 Å². The Morgan fingerprint density at radius 1 is 1.43 bits per heavy atom. The van der Waals surface area contributed by atoms with Crippen LogP contribution >= 0.6 is 27.3 Å². The second-order valence-corrected chi connectivity index (χ2v) is 6.82. The monoisotopic (exact) mass is 369 g/mol. The molecule has 0 atom stereocenters. The Labute approximate surface area is 135 Å². The van der Waals surface area contributed by atoms with Crippen molar-refractivity contribution in [2.24, 2.45) is 0 Å². The first kappa shape index (κ1) is 14.7. The van der Waals surface area contributed by atoms with E-state index in [1.807, 2.05) is 11.8 Å². The molecule has 5 nitrogen and oxygen atoms in total. The van der Waals surface area contributed by atoms with Crippen LogP contribution in [-0.4, -0.2) is 46.9 Å².